The third kappa shape index (κ3) is 3.54. The Morgan fingerprint density at radius 3 is 2.57 bits per heavy atom. The number of rotatable bonds is 4. The number of aryl methyl sites for hydroxylation is 2. The molecular formula is C17H21N3O. The zero-order valence-corrected chi connectivity index (χ0v) is 12.7. The maximum Gasteiger partial charge on any atom is 0.170 e. The number of benzene rings is 2. The molecule has 0 atom stereocenters. The van der Waals surface area contributed by atoms with E-state index in [0.29, 0.717) is 0 Å². The highest BCUT2D eigenvalue weighted by molar-refractivity contribution is 5.97. The van der Waals surface area contributed by atoms with Crippen molar-refractivity contribution in [2.75, 3.05) is 11.9 Å². The molecule has 4 heteroatoms. The third-order valence-corrected chi connectivity index (χ3v) is 3.60. The average Bonchev–Trinajstić information content (AvgIpc) is 2.48. The molecule has 0 saturated carbocycles. The topological polar surface area (TPSA) is 61.8 Å². The van der Waals surface area contributed by atoms with Gasteiger partial charge in [-0.3, -0.25) is 0 Å². The van der Waals surface area contributed by atoms with Crippen LogP contribution in [0.2, 0.25) is 0 Å². The Labute approximate surface area is 125 Å². The number of anilines is 1. The molecule has 0 radical (unpaired) electrons. The smallest absolute Gasteiger partial charge is 0.170 e. The first kappa shape index (κ1) is 14.9. The van der Waals surface area contributed by atoms with E-state index in [-0.39, 0.29) is 5.84 Å². The molecule has 0 spiro atoms. The monoisotopic (exact) mass is 283 g/mol. The molecular weight excluding hydrogens is 262 g/mol. The molecule has 2 aromatic carbocycles. The van der Waals surface area contributed by atoms with Crippen LogP contribution in [0.15, 0.2) is 47.6 Å². The second kappa shape index (κ2) is 6.31. The Kier molecular flexibility index (Phi) is 4.48. The van der Waals surface area contributed by atoms with Crippen molar-refractivity contribution < 1.29 is 5.21 Å². The van der Waals surface area contributed by atoms with Crippen LogP contribution in [0, 0.1) is 13.8 Å². The minimum Gasteiger partial charge on any atom is -0.409 e. The molecule has 0 heterocycles. The SMILES string of the molecule is Cc1cccc(N(C)Cc2ccc(/C(N)=N/O)cc2C)c1. The Hall–Kier alpha value is -2.49. The largest absolute Gasteiger partial charge is 0.409 e. The molecule has 0 aliphatic rings. The van der Waals surface area contributed by atoms with Crippen LogP contribution in [-0.2, 0) is 6.54 Å². The van der Waals surface area contributed by atoms with Gasteiger partial charge in [-0.1, -0.05) is 29.4 Å². The van der Waals surface area contributed by atoms with Gasteiger partial charge in [0.1, 0.15) is 0 Å². The summed E-state index contributed by atoms with van der Waals surface area (Å²) in [6.45, 7) is 4.94. The van der Waals surface area contributed by atoms with Crippen LogP contribution in [0.3, 0.4) is 0 Å². The molecule has 0 aliphatic carbocycles. The van der Waals surface area contributed by atoms with Crippen LogP contribution in [-0.4, -0.2) is 18.1 Å². The lowest BCUT2D eigenvalue weighted by Crippen LogP contribution is -2.18. The van der Waals surface area contributed by atoms with Crippen molar-refractivity contribution in [2.24, 2.45) is 10.9 Å². The summed E-state index contributed by atoms with van der Waals surface area (Å²) < 4.78 is 0. The van der Waals surface area contributed by atoms with E-state index in [1.54, 1.807) is 0 Å². The van der Waals surface area contributed by atoms with Crippen molar-refractivity contribution in [1.29, 1.82) is 0 Å². The number of hydrogen-bond acceptors (Lipinski definition) is 3. The molecule has 0 unspecified atom stereocenters. The van der Waals surface area contributed by atoms with Crippen molar-refractivity contribution in [2.45, 2.75) is 20.4 Å². The van der Waals surface area contributed by atoms with Gasteiger partial charge in [-0.2, -0.15) is 0 Å². The van der Waals surface area contributed by atoms with Gasteiger partial charge in [-0.15, -0.1) is 0 Å². The lowest BCUT2D eigenvalue weighted by Gasteiger charge is -2.21. The van der Waals surface area contributed by atoms with Gasteiger partial charge in [0.05, 0.1) is 0 Å². The fourth-order valence-corrected chi connectivity index (χ4v) is 2.30. The summed E-state index contributed by atoms with van der Waals surface area (Å²) in [4.78, 5) is 2.21. The Morgan fingerprint density at radius 1 is 1.19 bits per heavy atom. The zero-order chi connectivity index (χ0) is 15.4. The predicted octanol–water partition coefficient (Wildman–Crippen LogP) is 3.03. The maximum absolute atomic E-state index is 8.72. The Bertz CT molecular complexity index is 665. The number of amidine groups is 1. The van der Waals surface area contributed by atoms with E-state index in [2.05, 4.69) is 48.3 Å². The first-order chi connectivity index (χ1) is 10.0. The van der Waals surface area contributed by atoms with Crippen LogP contribution in [0.25, 0.3) is 0 Å². The average molecular weight is 283 g/mol. The predicted molar refractivity (Wildman–Crippen MR) is 87.0 cm³/mol. The van der Waals surface area contributed by atoms with Crippen LogP contribution in [0.5, 0.6) is 0 Å². The second-order valence-electron chi connectivity index (χ2n) is 5.32. The molecule has 110 valence electrons. The van der Waals surface area contributed by atoms with Crippen LogP contribution < -0.4 is 10.6 Å². The normalized spacial score (nSPS) is 11.5. The second-order valence-corrected chi connectivity index (χ2v) is 5.32. The summed E-state index contributed by atoms with van der Waals surface area (Å²) in [5, 5.41) is 11.8. The molecule has 0 amide bonds. The quantitative estimate of drug-likeness (QED) is 0.392. The van der Waals surface area contributed by atoms with E-state index in [9.17, 15) is 0 Å². The molecule has 2 aromatic rings. The van der Waals surface area contributed by atoms with Gasteiger partial charge in [0.15, 0.2) is 5.84 Å². The zero-order valence-electron chi connectivity index (χ0n) is 12.7. The molecule has 21 heavy (non-hydrogen) atoms. The van der Waals surface area contributed by atoms with Gasteiger partial charge in [-0.25, -0.2) is 0 Å². The molecule has 3 N–H and O–H groups in total. The summed E-state index contributed by atoms with van der Waals surface area (Å²) in [6.07, 6.45) is 0. The van der Waals surface area contributed by atoms with E-state index in [1.165, 1.54) is 16.8 Å². The standard InChI is InChI=1S/C17H21N3O/c1-12-5-4-6-16(9-12)20(3)11-15-8-7-14(10-13(15)2)17(18)19-21/h4-10,21H,11H2,1-3H3,(H2,18,19). The van der Waals surface area contributed by atoms with Gasteiger partial charge < -0.3 is 15.8 Å². The van der Waals surface area contributed by atoms with E-state index in [1.807, 2.05) is 25.1 Å². The van der Waals surface area contributed by atoms with Crippen molar-refractivity contribution in [3.63, 3.8) is 0 Å². The van der Waals surface area contributed by atoms with Crippen molar-refractivity contribution in [3.05, 3.63) is 64.7 Å². The fraction of sp³-hybridized carbons (Fsp3) is 0.235. The molecule has 0 saturated heterocycles. The molecule has 0 fully saturated rings. The van der Waals surface area contributed by atoms with E-state index >= 15 is 0 Å². The third-order valence-electron chi connectivity index (χ3n) is 3.60. The van der Waals surface area contributed by atoms with Crippen LogP contribution >= 0.6 is 0 Å². The molecule has 2 rings (SSSR count). The van der Waals surface area contributed by atoms with Crippen LogP contribution in [0.4, 0.5) is 5.69 Å². The highest BCUT2D eigenvalue weighted by atomic mass is 16.4. The number of hydrogen-bond donors (Lipinski definition) is 2. The summed E-state index contributed by atoms with van der Waals surface area (Å²) >= 11 is 0. The van der Waals surface area contributed by atoms with Gasteiger partial charge in [0, 0.05) is 24.8 Å². The van der Waals surface area contributed by atoms with Crippen molar-refractivity contribution in [3.8, 4) is 0 Å². The summed E-state index contributed by atoms with van der Waals surface area (Å²) in [5.41, 5.74) is 11.1. The van der Waals surface area contributed by atoms with E-state index < -0.39 is 0 Å². The maximum atomic E-state index is 8.72. The van der Waals surface area contributed by atoms with Crippen LogP contribution in [0.1, 0.15) is 22.3 Å². The molecule has 0 aromatic heterocycles. The van der Waals surface area contributed by atoms with Gasteiger partial charge >= 0.3 is 0 Å². The van der Waals surface area contributed by atoms with Gasteiger partial charge in [-0.05, 0) is 48.7 Å². The first-order valence-electron chi connectivity index (χ1n) is 6.86. The highest BCUT2D eigenvalue weighted by Gasteiger charge is 2.07. The molecule has 0 bridgehead atoms. The number of nitrogens with zero attached hydrogens (tertiary/aromatic N) is 2. The number of oxime groups is 1. The van der Waals surface area contributed by atoms with Gasteiger partial charge in [0.2, 0.25) is 0 Å². The number of nitrogens with two attached hydrogens (primary N) is 1. The van der Waals surface area contributed by atoms with E-state index in [0.717, 1.165) is 17.7 Å². The van der Waals surface area contributed by atoms with Gasteiger partial charge in [0.25, 0.3) is 0 Å². The minimum atomic E-state index is 0.136. The minimum absolute atomic E-state index is 0.136. The fourth-order valence-electron chi connectivity index (χ4n) is 2.30. The van der Waals surface area contributed by atoms with Crippen molar-refractivity contribution in [1.82, 2.24) is 0 Å². The lowest BCUT2D eigenvalue weighted by molar-refractivity contribution is 0.318. The Morgan fingerprint density at radius 2 is 1.95 bits per heavy atom. The Balaban J connectivity index is 2.20. The first-order valence-corrected chi connectivity index (χ1v) is 6.86. The lowest BCUT2D eigenvalue weighted by atomic mass is 10.0. The summed E-state index contributed by atoms with van der Waals surface area (Å²) in [5.74, 6) is 0.136. The summed E-state index contributed by atoms with van der Waals surface area (Å²) in [6, 6.07) is 14.3. The molecule has 0 aliphatic heterocycles. The highest BCUT2D eigenvalue weighted by Crippen LogP contribution is 2.19. The van der Waals surface area contributed by atoms with E-state index in [4.69, 9.17) is 10.9 Å². The van der Waals surface area contributed by atoms with Crippen molar-refractivity contribution >= 4 is 11.5 Å². The molecule has 4 nitrogen and oxygen atoms in total. The summed E-state index contributed by atoms with van der Waals surface area (Å²) in [7, 11) is 2.08.